The summed E-state index contributed by atoms with van der Waals surface area (Å²) in [6, 6.07) is 0. The molecule has 0 bridgehead atoms. The van der Waals surface area contributed by atoms with Crippen LogP contribution in [-0.2, 0) is 0 Å². The molecule has 0 heterocycles. The Labute approximate surface area is 91.2 Å². The second-order valence-corrected chi connectivity index (χ2v) is 3.96. The van der Waals surface area contributed by atoms with Crippen LogP contribution in [0.15, 0.2) is 23.3 Å². The summed E-state index contributed by atoms with van der Waals surface area (Å²) in [6.07, 6.45) is 9.44. The van der Waals surface area contributed by atoms with Crippen LogP contribution in [0, 0.1) is 0 Å². The predicted octanol–water partition coefficient (Wildman–Crippen LogP) is 4.85. The van der Waals surface area contributed by atoms with Crippen LogP contribution < -0.4 is 0 Å². The Kier molecular flexibility index (Phi) is 8.53. The first-order chi connectivity index (χ1) is 6.24. The van der Waals surface area contributed by atoms with E-state index in [1.165, 1.54) is 31.3 Å². The van der Waals surface area contributed by atoms with Crippen molar-refractivity contribution in [1.82, 2.24) is 0 Å². The van der Waals surface area contributed by atoms with Gasteiger partial charge in [0.2, 0.25) is 0 Å². The molecule has 0 unspecified atom stereocenters. The molecule has 0 aliphatic heterocycles. The van der Waals surface area contributed by atoms with Crippen molar-refractivity contribution in [1.29, 1.82) is 0 Å². The van der Waals surface area contributed by atoms with Crippen LogP contribution in [0.5, 0.6) is 0 Å². The van der Waals surface area contributed by atoms with Gasteiger partial charge in [-0.2, -0.15) is 0 Å². The fraction of sp³-hybridized carbons (Fsp3) is 0.667. The van der Waals surface area contributed by atoms with Crippen molar-refractivity contribution < 1.29 is 0 Å². The largest absolute Gasteiger partial charge is 0.0883 e. The van der Waals surface area contributed by atoms with Gasteiger partial charge in [0.25, 0.3) is 0 Å². The summed E-state index contributed by atoms with van der Waals surface area (Å²) in [5.41, 5.74) is 3.08. The van der Waals surface area contributed by atoms with Crippen molar-refractivity contribution in [3.8, 4) is 0 Å². The number of rotatable bonds is 6. The molecule has 0 aromatic carbocycles. The topological polar surface area (TPSA) is 0 Å². The highest BCUT2D eigenvalue weighted by Gasteiger charge is 1.92. The molecule has 0 atom stereocenters. The van der Waals surface area contributed by atoms with E-state index < -0.39 is 0 Å². The van der Waals surface area contributed by atoms with Crippen molar-refractivity contribution in [2.45, 2.75) is 46.5 Å². The molecule has 0 rings (SSSR count). The minimum absolute atomic E-state index is 0.993. The summed E-state index contributed by atoms with van der Waals surface area (Å²) in [7, 11) is 0. The number of hydrogen-bond acceptors (Lipinski definition) is 0. The third kappa shape index (κ3) is 7.06. The van der Waals surface area contributed by atoms with E-state index in [2.05, 4.69) is 48.9 Å². The predicted molar refractivity (Wildman–Crippen MR) is 65.5 cm³/mol. The molecule has 0 aliphatic rings. The van der Waals surface area contributed by atoms with Crippen LogP contribution in [0.1, 0.15) is 46.5 Å². The molecule has 0 saturated heterocycles. The molecular weight excluding hydrogens is 224 g/mol. The van der Waals surface area contributed by atoms with Gasteiger partial charge >= 0.3 is 0 Å². The van der Waals surface area contributed by atoms with Gasteiger partial charge in [0.1, 0.15) is 0 Å². The molecule has 0 radical (unpaired) electrons. The van der Waals surface area contributed by atoms with E-state index >= 15 is 0 Å². The summed E-state index contributed by atoms with van der Waals surface area (Å²) in [6.45, 7) is 6.64. The van der Waals surface area contributed by atoms with E-state index in [1.807, 2.05) is 0 Å². The summed E-state index contributed by atoms with van der Waals surface area (Å²) < 4.78 is 0. The molecule has 0 spiro atoms. The second-order valence-electron chi connectivity index (χ2n) is 3.31. The molecule has 0 saturated carbocycles. The standard InChI is InChI=1S/C12H21Br/c1-4-11(3)7-6-8-12(5-2)9-10-13/h7,9H,4-6,8,10H2,1-3H3/b11-7+,12-9+. The Bertz CT molecular complexity index is 178. The quantitative estimate of drug-likeness (QED) is 0.463. The zero-order chi connectivity index (χ0) is 10.1. The lowest BCUT2D eigenvalue weighted by molar-refractivity contribution is 0.893. The lowest BCUT2D eigenvalue weighted by Gasteiger charge is -2.01. The molecule has 0 aliphatic carbocycles. The SMILES string of the molecule is CC/C(C)=C/CC/C(=C/CBr)CC. The van der Waals surface area contributed by atoms with E-state index in [1.54, 1.807) is 5.57 Å². The fourth-order valence-electron chi connectivity index (χ4n) is 1.18. The van der Waals surface area contributed by atoms with E-state index in [-0.39, 0.29) is 0 Å². The van der Waals surface area contributed by atoms with Crippen LogP contribution in [0.25, 0.3) is 0 Å². The molecular formula is C12H21Br. The maximum Gasteiger partial charge on any atom is 0.0214 e. The highest BCUT2D eigenvalue weighted by molar-refractivity contribution is 9.09. The summed E-state index contributed by atoms with van der Waals surface area (Å²) in [5, 5.41) is 0.993. The second kappa shape index (κ2) is 8.55. The van der Waals surface area contributed by atoms with Gasteiger partial charge in [-0.25, -0.2) is 0 Å². The highest BCUT2D eigenvalue weighted by atomic mass is 79.9. The smallest absolute Gasteiger partial charge is 0.0214 e. The van der Waals surface area contributed by atoms with E-state index in [0.29, 0.717) is 0 Å². The van der Waals surface area contributed by atoms with Crippen molar-refractivity contribution >= 4 is 15.9 Å². The van der Waals surface area contributed by atoms with E-state index in [4.69, 9.17) is 0 Å². The lowest BCUT2D eigenvalue weighted by atomic mass is 10.1. The Morgan fingerprint density at radius 2 is 1.85 bits per heavy atom. The van der Waals surface area contributed by atoms with Crippen LogP contribution in [0.2, 0.25) is 0 Å². The third-order valence-corrected chi connectivity index (χ3v) is 2.66. The summed E-state index contributed by atoms with van der Waals surface area (Å²) in [5.74, 6) is 0. The molecule has 13 heavy (non-hydrogen) atoms. The van der Waals surface area contributed by atoms with E-state index in [0.717, 1.165) is 5.33 Å². The van der Waals surface area contributed by atoms with Crippen molar-refractivity contribution in [2.24, 2.45) is 0 Å². The molecule has 0 N–H and O–H groups in total. The Morgan fingerprint density at radius 3 is 2.31 bits per heavy atom. The van der Waals surface area contributed by atoms with Gasteiger partial charge in [0, 0.05) is 5.33 Å². The van der Waals surface area contributed by atoms with Gasteiger partial charge in [-0.05, 0) is 32.6 Å². The molecule has 0 amide bonds. The number of hydrogen-bond donors (Lipinski definition) is 0. The Morgan fingerprint density at radius 1 is 1.15 bits per heavy atom. The zero-order valence-electron chi connectivity index (χ0n) is 9.07. The van der Waals surface area contributed by atoms with Gasteiger partial charge in [0.15, 0.2) is 0 Å². The van der Waals surface area contributed by atoms with Gasteiger partial charge < -0.3 is 0 Å². The maximum atomic E-state index is 3.43. The maximum absolute atomic E-state index is 3.43. The van der Waals surface area contributed by atoms with Gasteiger partial charge in [-0.1, -0.05) is 53.1 Å². The molecule has 0 aromatic rings. The van der Waals surface area contributed by atoms with Crippen molar-refractivity contribution in [3.63, 3.8) is 0 Å². The summed E-state index contributed by atoms with van der Waals surface area (Å²) in [4.78, 5) is 0. The monoisotopic (exact) mass is 244 g/mol. The zero-order valence-corrected chi connectivity index (χ0v) is 10.7. The normalized spacial score (nSPS) is 13.5. The molecule has 1 heteroatoms. The van der Waals surface area contributed by atoms with Gasteiger partial charge in [-0.3, -0.25) is 0 Å². The van der Waals surface area contributed by atoms with Gasteiger partial charge in [0.05, 0.1) is 0 Å². The van der Waals surface area contributed by atoms with Gasteiger partial charge in [-0.15, -0.1) is 0 Å². The molecule has 0 fully saturated rings. The minimum atomic E-state index is 0.993. The first-order valence-electron chi connectivity index (χ1n) is 5.14. The Balaban J connectivity index is 3.79. The van der Waals surface area contributed by atoms with Crippen LogP contribution in [0.4, 0.5) is 0 Å². The summed E-state index contributed by atoms with van der Waals surface area (Å²) >= 11 is 3.43. The minimum Gasteiger partial charge on any atom is -0.0883 e. The number of alkyl halides is 1. The number of halogens is 1. The van der Waals surface area contributed by atoms with Crippen molar-refractivity contribution in [3.05, 3.63) is 23.3 Å². The molecule has 0 nitrogen and oxygen atoms in total. The Hall–Kier alpha value is -0.0400. The fourth-order valence-corrected chi connectivity index (χ4v) is 1.64. The van der Waals surface area contributed by atoms with E-state index in [9.17, 15) is 0 Å². The average molecular weight is 245 g/mol. The average Bonchev–Trinajstić information content (AvgIpc) is 2.16. The van der Waals surface area contributed by atoms with Crippen molar-refractivity contribution in [2.75, 3.05) is 5.33 Å². The van der Waals surface area contributed by atoms with Crippen LogP contribution >= 0.6 is 15.9 Å². The molecule has 76 valence electrons. The van der Waals surface area contributed by atoms with Crippen LogP contribution in [0.3, 0.4) is 0 Å². The highest BCUT2D eigenvalue weighted by Crippen LogP contribution is 2.12. The molecule has 0 aromatic heterocycles. The number of allylic oxidation sites excluding steroid dienone is 4. The first kappa shape index (κ1) is 13.0. The third-order valence-electron chi connectivity index (χ3n) is 2.34. The first-order valence-corrected chi connectivity index (χ1v) is 6.26. The lowest BCUT2D eigenvalue weighted by Crippen LogP contribution is -1.82. The van der Waals surface area contributed by atoms with Crippen LogP contribution in [-0.4, -0.2) is 5.33 Å².